The summed E-state index contributed by atoms with van der Waals surface area (Å²) in [5, 5.41) is 53.2. The van der Waals surface area contributed by atoms with E-state index in [0.717, 1.165) is 24.3 Å². The van der Waals surface area contributed by atoms with Crippen molar-refractivity contribution in [2.24, 2.45) is 17.6 Å². The lowest BCUT2D eigenvalue weighted by atomic mass is 9.79. The Morgan fingerprint density at radius 1 is 0.918 bits per heavy atom. The Balaban J connectivity index is 1.60. The number of aromatic nitrogens is 1. The van der Waals surface area contributed by atoms with Gasteiger partial charge in [0.2, 0.25) is 52.9 Å². The van der Waals surface area contributed by atoms with Crippen LogP contribution >= 0.6 is 0 Å². The molecule has 25 nitrogen and oxygen atoms in total. The van der Waals surface area contributed by atoms with Crippen LogP contribution in [0.2, 0.25) is 0 Å². The van der Waals surface area contributed by atoms with Crippen LogP contribution in [0.15, 0.2) is 23.2 Å². The van der Waals surface area contributed by atoms with Gasteiger partial charge in [-0.15, -0.1) is 0 Å². The van der Waals surface area contributed by atoms with Gasteiger partial charge in [-0.3, -0.25) is 47.4 Å². The van der Waals surface area contributed by atoms with Gasteiger partial charge in [-0.25, -0.2) is 0 Å². The second kappa shape index (κ2) is 24.7. The number of rotatable bonds is 14. The average Bonchev–Trinajstić information content (AvgIpc) is 3.93. The van der Waals surface area contributed by atoms with E-state index in [1.54, 1.807) is 19.1 Å². The maximum Gasteiger partial charge on any atom is 0.266 e. The van der Waals surface area contributed by atoms with E-state index in [2.05, 4.69) is 47.5 Å². The number of hydrogen-bond acceptors (Lipinski definition) is 15. The Bertz CT molecular complexity index is 2460. The van der Waals surface area contributed by atoms with E-state index in [9.17, 15) is 57.9 Å². The number of aliphatic hydroxyl groups excluding tert-OH is 3. The van der Waals surface area contributed by atoms with Gasteiger partial charge in [-0.1, -0.05) is 40.0 Å². The van der Waals surface area contributed by atoms with Gasteiger partial charge in [0.1, 0.15) is 41.0 Å². The molecule has 1 aromatic heterocycles. The van der Waals surface area contributed by atoms with Crippen molar-refractivity contribution in [2.75, 3.05) is 45.6 Å². The van der Waals surface area contributed by atoms with Crippen molar-refractivity contribution in [1.29, 1.82) is 0 Å². The third kappa shape index (κ3) is 13.1. The number of fused-ring (bicyclic) bond motifs is 9. The predicted octanol–water partition coefficient (Wildman–Crippen LogP) is -4.32. The second-order valence-corrected chi connectivity index (χ2v) is 20.8. The zero-order valence-electron chi connectivity index (χ0n) is 41.4. The van der Waals surface area contributed by atoms with Crippen LogP contribution in [-0.2, 0) is 60.4 Å². The lowest BCUT2D eigenvalue weighted by Gasteiger charge is -2.42. The molecule has 2 unspecified atom stereocenters. The standard InChI is InChI=1S/C47H69N11O14S/c1-5-23(2)39-47(12-8-6-7-9-13-49-4)46(70)51-19-36(63)52-32-22-73(71)44-28(27-11-10-26(72-47)15-29(27)55-44)16-30(40(65)50-18-37(64)56-39)53-43(68)38(24(3)34(61)21-59)57-42(67)33-14-25(60)20-58(33)45(69)31(17-35(48)62)54-41(32)66/h10-11,15,23-25,30-34,38-39,49,55,59-61H,5-9,12-14,16-22H2,1-4H3,(H2,48,62)(H,50,65)(H,51,70)(H,52,63)(H,53,68)(H,54,66)(H,56,64)(H,57,67)/t23-,24-,25+,30-,31-,32-,33-,34-,38-,39-,47?,73?/m0/s1. The van der Waals surface area contributed by atoms with Crippen LogP contribution in [0.25, 0.3) is 10.9 Å². The minimum Gasteiger partial charge on any atom is -0.475 e. The Labute approximate surface area is 423 Å². The van der Waals surface area contributed by atoms with E-state index in [1.165, 1.54) is 13.0 Å². The zero-order chi connectivity index (χ0) is 53.3. The molecule has 5 aliphatic rings. The molecule has 402 valence electrons. The largest absolute Gasteiger partial charge is 0.475 e. The highest BCUT2D eigenvalue weighted by molar-refractivity contribution is 7.85. The van der Waals surface area contributed by atoms with Crippen LogP contribution in [0, 0.1) is 11.8 Å². The molecular weight excluding hydrogens is 975 g/mol. The van der Waals surface area contributed by atoms with Crippen molar-refractivity contribution in [2.45, 2.75) is 138 Å². The minimum absolute atomic E-state index is 0.00928. The fraction of sp³-hybridized carbons (Fsp3) is 0.638. The predicted molar refractivity (Wildman–Crippen MR) is 261 cm³/mol. The highest BCUT2D eigenvalue weighted by Crippen LogP contribution is 2.36. The fourth-order valence-corrected chi connectivity index (χ4v) is 11.3. The topological polar surface area (TPSA) is 382 Å². The molecule has 1 saturated heterocycles. The van der Waals surface area contributed by atoms with Gasteiger partial charge in [0, 0.05) is 36.8 Å². The van der Waals surface area contributed by atoms with Gasteiger partial charge in [-0.05, 0) is 56.5 Å². The van der Waals surface area contributed by atoms with Gasteiger partial charge in [-0.2, -0.15) is 0 Å². The molecule has 1 aromatic carbocycles. The molecule has 26 heteroatoms. The summed E-state index contributed by atoms with van der Waals surface area (Å²) in [4.78, 5) is 132. The minimum atomic E-state index is -2.35. The Hall–Kier alpha value is -6.22. The number of aromatic amines is 1. The smallest absolute Gasteiger partial charge is 0.266 e. The van der Waals surface area contributed by atoms with Crippen LogP contribution in [0.1, 0.15) is 77.7 Å². The molecule has 12 atom stereocenters. The van der Waals surface area contributed by atoms with Crippen molar-refractivity contribution < 1.29 is 67.4 Å². The van der Waals surface area contributed by atoms with E-state index >= 15 is 4.79 Å². The van der Waals surface area contributed by atoms with E-state index in [-0.39, 0.29) is 28.3 Å². The van der Waals surface area contributed by atoms with Gasteiger partial charge in [0.15, 0.2) is 0 Å². The highest BCUT2D eigenvalue weighted by Gasteiger charge is 2.51. The summed E-state index contributed by atoms with van der Waals surface area (Å²) in [6.07, 6.45) is -1.66. The maximum absolute atomic E-state index is 15.1. The Kier molecular flexibility index (Phi) is 19.0. The maximum atomic E-state index is 15.1. The van der Waals surface area contributed by atoms with E-state index < -0.39 is 181 Å². The molecule has 9 amide bonds. The van der Waals surface area contributed by atoms with Crippen molar-refractivity contribution in [1.82, 2.24) is 52.4 Å². The first-order chi connectivity index (χ1) is 34.7. The van der Waals surface area contributed by atoms with Crippen molar-refractivity contribution >= 4 is 74.9 Å². The summed E-state index contributed by atoms with van der Waals surface area (Å²) in [7, 11) is -0.520. The lowest BCUT2D eigenvalue weighted by Crippen LogP contribution is -2.67. The monoisotopic (exact) mass is 1040 g/mol. The number of primary amides is 1. The number of hydrogen-bond donors (Lipinski definition) is 13. The van der Waals surface area contributed by atoms with Gasteiger partial charge in [0.25, 0.3) is 5.91 Å². The summed E-state index contributed by atoms with van der Waals surface area (Å²) >= 11 is 0. The molecule has 14 N–H and O–H groups in total. The summed E-state index contributed by atoms with van der Waals surface area (Å²) in [5.74, 6) is -11.3. The first-order valence-electron chi connectivity index (χ1n) is 24.7. The Morgan fingerprint density at radius 3 is 2.33 bits per heavy atom. The number of nitrogens with two attached hydrogens (primary N) is 1. The SMILES string of the molecule is CC[C@H](C)[C@@H]1NC(=O)CNC(=O)[C@@H]2Cc3c4[nH]c5cc(ccc35)OC1(CCCCCCNC)C(=O)NCC(=O)N[C@@H](CS4=O)C(=O)N[C@@H](CC(N)=O)C(=O)N1C[C@H](O)C[C@H]1C(=O)N[C@@H]([C@@H](C)[C@@H](O)CO)C(=O)N2. The number of carbonyl (C=O) groups excluding carboxylic acids is 9. The lowest BCUT2D eigenvalue weighted by molar-refractivity contribution is -0.145. The molecule has 0 radical (unpaired) electrons. The van der Waals surface area contributed by atoms with E-state index in [1.807, 2.05) is 14.0 Å². The molecule has 7 rings (SSSR count). The Morgan fingerprint density at radius 2 is 1.63 bits per heavy atom. The van der Waals surface area contributed by atoms with Crippen LogP contribution < -0.4 is 53.0 Å². The molecule has 6 heterocycles. The number of nitrogens with zero attached hydrogens (tertiary/aromatic N) is 1. The summed E-state index contributed by atoms with van der Waals surface area (Å²) in [6, 6.07) is -5.08. The normalized spacial score (nSPS) is 29.0. The molecule has 5 aliphatic heterocycles. The van der Waals surface area contributed by atoms with Gasteiger partial charge < -0.3 is 78.2 Å². The van der Waals surface area contributed by atoms with Crippen molar-refractivity contribution in [3.63, 3.8) is 0 Å². The van der Waals surface area contributed by atoms with Crippen LogP contribution in [-0.4, -0.2) is 182 Å². The number of carbonyl (C=O) groups is 9. The summed E-state index contributed by atoms with van der Waals surface area (Å²) in [6.45, 7) is 2.85. The van der Waals surface area contributed by atoms with Crippen LogP contribution in [0.4, 0.5) is 0 Å². The number of aliphatic hydroxyl groups is 3. The molecule has 0 spiro atoms. The van der Waals surface area contributed by atoms with Crippen LogP contribution in [0.3, 0.4) is 0 Å². The quantitative estimate of drug-likeness (QED) is 0.0796. The molecule has 0 aliphatic carbocycles. The van der Waals surface area contributed by atoms with E-state index in [0.29, 0.717) is 24.6 Å². The number of unbranched alkanes of at least 4 members (excludes halogenated alkanes) is 3. The van der Waals surface area contributed by atoms with Crippen molar-refractivity contribution in [3.05, 3.63) is 23.8 Å². The molecule has 2 aromatic rings. The number of H-pyrrole nitrogens is 1. The van der Waals surface area contributed by atoms with Gasteiger partial charge in [0.05, 0.1) is 66.4 Å². The molecular formula is C47H69N11O14S. The van der Waals surface area contributed by atoms with Gasteiger partial charge >= 0.3 is 0 Å². The van der Waals surface area contributed by atoms with Crippen molar-refractivity contribution in [3.8, 4) is 5.75 Å². The average molecular weight is 1040 g/mol. The molecule has 1 fully saturated rings. The number of nitrogens with one attached hydrogen (secondary N) is 9. The van der Waals surface area contributed by atoms with E-state index in [4.69, 9.17) is 10.5 Å². The molecule has 8 bridgehead atoms. The highest BCUT2D eigenvalue weighted by atomic mass is 32.2. The zero-order valence-corrected chi connectivity index (χ0v) is 42.2. The molecule has 0 saturated carbocycles. The number of benzene rings is 1. The first-order valence-corrected chi connectivity index (χ1v) is 26.0. The molecule has 73 heavy (non-hydrogen) atoms. The fourth-order valence-electron chi connectivity index (χ4n) is 9.87. The second-order valence-electron chi connectivity index (χ2n) is 19.4. The first kappa shape index (κ1) is 56.1. The van der Waals surface area contributed by atoms with Crippen LogP contribution in [0.5, 0.6) is 5.75 Å². The number of amides is 9. The summed E-state index contributed by atoms with van der Waals surface area (Å²) in [5.41, 5.74) is 4.01. The third-order valence-corrected chi connectivity index (χ3v) is 15.6. The summed E-state index contributed by atoms with van der Waals surface area (Å²) < 4.78 is 21.8. The third-order valence-electron chi connectivity index (χ3n) is 14.1. The number of ether oxygens (including phenoxy) is 1.